The number of hydrogen-bond acceptors (Lipinski definition) is 4. The van der Waals surface area contributed by atoms with Gasteiger partial charge in [0.2, 0.25) is 0 Å². The largest absolute Gasteiger partial charge is 0.490 e. The van der Waals surface area contributed by atoms with Gasteiger partial charge in [0, 0.05) is 7.11 Å². The topological polar surface area (TPSA) is 55.8 Å². The first-order valence-corrected chi connectivity index (χ1v) is 4.64. The zero-order valence-electron chi connectivity index (χ0n) is 8.60. The van der Waals surface area contributed by atoms with Crippen LogP contribution in [0.3, 0.4) is 0 Å². The molecule has 1 aromatic carbocycles. The van der Waals surface area contributed by atoms with E-state index in [0.717, 1.165) is 0 Å². The molecule has 0 bridgehead atoms. The monoisotopic (exact) mass is 210 g/mol. The van der Waals surface area contributed by atoms with Crippen molar-refractivity contribution in [3.05, 3.63) is 29.8 Å². The van der Waals surface area contributed by atoms with E-state index in [4.69, 9.17) is 14.6 Å². The van der Waals surface area contributed by atoms with E-state index in [1.165, 1.54) is 7.11 Å². The Hall–Kier alpha value is -1.39. The van der Waals surface area contributed by atoms with Crippen LogP contribution in [0, 0.1) is 0 Å². The SMILES string of the molecule is COCC(=O)c1ccccc1OCCO. The van der Waals surface area contributed by atoms with Gasteiger partial charge in [-0.3, -0.25) is 4.79 Å². The summed E-state index contributed by atoms with van der Waals surface area (Å²) in [6.07, 6.45) is 0. The molecule has 15 heavy (non-hydrogen) atoms. The molecule has 0 aromatic heterocycles. The van der Waals surface area contributed by atoms with E-state index in [2.05, 4.69) is 0 Å². The van der Waals surface area contributed by atoms with Gasteiger partial charge in [0.25, 0.3) is 0 Å². The summed E-state index contributed by atoms with van der Waals surface area (Å²) in [4.78, 5) is 11.6. The van der Waals surface area contributed by atoms with Gasteiger partial charge in [0.15, 0.2) is 5.78 Å². The number of ketones is 1. The second-order valence-electron chi connectivity index (χ2n) is 2.92. The van der Waals surface area contributed by atoms with Crippen LogP contribution in [0.5, 0.6) is 5.75 Å². The molecule has 0 radical (unpaired) electrons. The smallest absolute Gasteiger partial charge is 0.192 e. The van der Waals surface area contributed by atoms with Crippen LogP contribution in [0.25, 0.3) is 0 Å². The number of para-hydroxylation sites is 1. The quantitative estimate of drug-likeness (QED) is 0.708. The summed E-state index contributed by atoms with van der Waals surface area (Å²) < 4.78 is 9.99. The molecule has 0 spiro atoms. The second-order valence-corrected chi connectivity index (χ2v) is 2.92. The number of Topliss-reactive ketones (excluding diaryl/α,β-unsaturated/α-hetero) is 1. The number of rotatable bonds is 6. The van der Waals surface area contributed by atoms with Gasteiger partial charge in [-0.15, -0.1) is 0 Å². The Morgan fingerprint density at radius 2 is 2.13 bits per heavy atom. The minimum atomic E-state index is -0.133. The van der Waals surface area contributed by atoms with Crippen LogP contribution in [0.4, 0.5) is 0 Å². The van der Waals surface area contributed by atoms with Crippen molar-refractivity contribution in [1.29, 1.82) is 0 Å². The molecule has 0 fully saturated rings. The van der Waals surface area contributed by atoms with Gasteiger partial charge < -0.3 is 14.6 Å². The van der Waals surface area contributed by atoms with Crippen LogP contribution >= 0.6 is 0 Å². The highest BCUT2D eigenvalue weighted by Gasteiger charge is 2.11. The van der Waals surface area contributed by atoms with E-state index in [1.807, 2.05) is 0 Å². The molecule has 0 aliphatic rings. The molecule has 1 aromatic rings. The lowest BCUT2D eigenvalue weighted by atomic mass is 10.1. The zero-order valence-corrected chi connectivity index (χ0v) is 8.60. The summed E-state index contributed by atoms with van der Waals surface area (Å²) in [5.41, 5.74) is 0.479. The number of carbonyl (C=O) groups is 1. The number of aliphatic hydroxyl groups is 1. The third-order valence-electron chi connectivity index (χ3n) is 1.81. The lowest BCUT2D eigenvalue weighted by molar-refractivity contribution is 0.0842. The molecule has 0 aliphatic heterocycles. The van der Waals surface area contributed by atoms with Crippen molar-refractivity contribution in [2.24, 2.45) is 0 Å². The van der Waals surface area contributed by atoms with Crippen LogP contribution in [0.15, 0.2) is 24.3 Å². The van der Waals surface area contributed by atoms with Crippen LogP contribution in [0.1, 0.15) is 10.4 Å². The van der Waals surface area contributed by atoms with Gasteiger partial charge in [-0.1, -0.05) is 12.1 Å². The molecule has 0 heterocycles. The van der Waals surface area contributed by atoms with Crippen LogP contribution in [0.2, 0.25) is 0 Å². The van der Waals surface area contributed by atoms with Crippen LogP contribution in [-0.4, -0.2) is 37.8 Å². The second kappa shape index (κ2) is 6.16. The number of benzene rings is 1. The van der Waals surface area contributed by atoms with E-state index < -0.39 is 0 Å². The van der Waals surface area contributed by atoms with E-state index in [0.29, 0.717) is 11.3 Å². The average Bonchev–Trinajstić information content (AvgIpc) is 2.27. The third-order valence-corrected chi connectivity index (χ3v) is 1.81. The molecule has 0 atom stereocenters. The molecule has 0 amide bonds. The van der Waals surface area contributed by atoms with Crippen molar-refractivity contribution in [3.63, 3.8) is 0 Å². The summed E-state index contributed by atoms with van der Waals surface area (Å²) >= 11 is 0. The molecule has 82 valence electrons. The summed E-state index contributed by atoms with van der Waals surface area (Å²) in [7, 11) is 1.47. The summed E-state index contributed by atoms with van der Waals surface area (Å²) in [5.74, 6) is 0.347. The summed E-state index contributed by atoms with van der Waals surface area (Å²) in [6, 6.07) is 6.90. The lowest BCUT2D eigenvalue weighted by Gasteiger charge is -2.08. The molecular formula is C11H14O4. The van der Waals surface area contributed by atoms with E-state index in [1.54, 1.807) is 24.3 Å². The van der Waals surface area contributed by atoms with Crippen molar-refractivity contribution < 1.29 is 19.4 Å². The molecule has 0 saturated carbocycles. The molecule has 0 saturated heterocycles. The fraction of sp³-hybridized carbons (Fsp3) is 0.364. The maximum absolute atomic E-state index is 11.6. The van der Waals surface area contributed by atoms with E-state index in [9.17, 15) is 4.79 Å². The maximum atomic E-state index is 11.6. The number of aliphatic hydroxyl groups excluding tert-OH is 1. The Morgan fingerprint density at radius 3 is 2.80 bits per heavy atom. The van der Waals surface area contributed by atoms with Gasteiger partial charge >= 0.3 is 0 Å². The van der Waals surface area contributed by atoms with Crippen molar-refractivity contribution in [1.82, 2.24) is 0 Å². The molecule has 0 unspecified atom stereocenters. The lowest BCUT2D eigenvalue weighted by Crippen LogP contribution is -2.11. The highest BCUT2D eigenvalue weighted by Crippen LogP contribution is 2.18. The Morgan fingerprint density at radius 1 is 1.40 bits per heavy atom. The minimum absolute atomic E-state index is 0.0273. The van der Waals surface area contributed by atoms with E-state index >= 15 is 0 Å². The number of hydrogen-bond donors (Lipinski definition) is 1. The number of methoxy groups -OCH3 is 1. The highest BCUT2D eigenvalue weighted by atomic mass is 16.5. The van der Waals surface area contributed by atoms with Gasteiger partial charge in [-0.05, 0) is 12.1 Å². The van der Waals surface area contributed by atoms with Gasteiger partial charge in [0.05, 0.1) is 12.2 Å². The molecular weight excluding hydrogens is 196 g/mol. The van der Waals surface area contributed by atoms with Crippen LogP contribution < -0.4 is 4.74 Å². The van der Waals surface area contributed by atoms with Crippen molar-refractivity contribution in [3.8, 4) is 5.75 Å². The van der Waals surface area contributed by atoms with E-state index in [-0.39, 0.29) is 25.6 Å². The molecule has 4 heteroatoms. The molecule has 1 rings (SSSR count). The Balaban J connectivity index is 2.80. The maximum Gasteiger partial charge on any atom is 0.192 e. The van der Waals surface area contributed by atoms with Crippen molar-refractivity contribution >= 4 is 5.78 Å². The van der Waals surface area contributed by atoms with Crippen LogP contribution in [-0.2, 0) is 4.74 Å². The predicted molar refractivity (Wildman–Crippen MR) is 55.2 cm³/mol. The van der Waals surface area contributed by atoms with Gasteiger partial charge in [-0.25, -0.2) is 0 Å². The highest BCUT2D eigenvalue weighted by molar-refractivity contribution is 5.99. The molecule has 4 nitrogen and oxygen atoms in total. The number of carbonyl (C=O) groups excluding carboxylic acids is 1. The predicted octanol–water partition coefficient (Wildman–Crippen LogP) is 0.887. The standard InChI is InChI=1S/C11H14O4/c1-14-8-10(13)9-4-2-3-5-11(9)15-7-6-12/h2-5,12H,6-8H2,1H3. The molecule has 1 N–H and O–H groups in total. The van der Waals surface area contributed by atoms with Gasteiger partial charge in [0.1, 0.15) is 19.0 Å². The Bertz CT molecular complexity index is 322. The first kappa shape index (κ1) is 11.7. The zero-order chi connectivity index (χ0) is 11.1. The summed E-state index contributed by atoms with van der Waals surface area (Å²) in [6.45, 7) is 0.129. The van der Waals surface area contributed by atoms with Crippen molar-refractivity contribution in [2.45, 2.75) is 0 Å². The molecule has 0 aliphatic carbocycles. The normalized spacial score (nSPS) is 10.0. The van der Waals surface area contributed by atoms with Crippen molar-refractivity contribution in [2.75, 3.05) is 26.9 Å². The first-order valence-electron chi connectivity index (χ1n) is 4.64. The fourth-order valence-corrected chi connectivity index (χ4v) is 1.19. The average molecular weight is 210 g/mol. The third kappa shape index (κ3) is 3.34. The van der Waals surface area contributed by atoms with Gasteiger partial charge in [-0.2, -0.15) is 0 Å². The first-order chi connectivity index (χ1) is 7.29. The minimum Gasteiger partial charge on any atom is -0.490 e. The number of ether oxygens (including phenoxy) is 2. The fourth-order valence-electron chi connectivity index (χ4n) is 1.19. The Labute approximate surface area is 88.4 Å². The summed E-state index contributed by atoms with van der Waals surface area (Å²) in [5, 5.41) is 8.63. The Kier molecular flexibility index (Phi) is 4.80.